The number of aromatic nitrogens is 2. The topological polar surface area (TPSA) is 43.0 Å². The molecule has 0 aliphatic heterocycles. The Balaban J connectivity index is 2.51. The Kier molecular flexibility index (Phi) is 2.55. The SMILES string of the molecule is Cc1ccc(S(=O)(=O)n2cc[n+](C)c2)cc1. The van der Waals surface area contributed by atoms with E-state index in [4.69, 9.17) is 0 Å². The van der Waals surface area contributed by atoms with Crippen molar-refractivity contribution in [2.45, 2.75) is 11.8 Å². The fourth-order valence-corrected chi connectivity index (χ4v) is 2.61. The standard InChI is InChI=1S/C11H13N2O2S/c1-10-3-5-11(6-4-10)16(14,15)13-8-7-12(2)9-13/h3-9H,1-2H3/q+1. The van der Waals surface area contributed by atoms with Crippen molar-refractivity contribution in [2.75, 3.05) is 0 Å². The molecule has 1 aromatic carbocycles. The molecule has 0 fully saturated rings. The summed E-state index contributed by atoms with van der Waals surface area (Å²) >= 11 is 0. The summed E-state index contributed by atoms with van der Waals surface area (Å²) in [5.74, 6) is 0. The van der Waals surface area contributed by atoms with Gasteiger partial charge in [0.05, 0.1) is 7.05 Å². The number of imidazole rings is 1. The highest BCUT2D eigenvalue weighted by Crippen LogP contribution is 2.13. The molecule has 1 aromatic heterocycles. The van der Waals surface area contributed by atoms with E-state index in [9.17, 15) is 8.42 Å². The Bertz CT molecular complexity index is 597. The molecule has 5 heteroatoms. The number of rotatable bonds is 2. The van der Waals surface area contributed by atoms with Gasteiger partial charge in [0.25, 0.3) is 6.33 Å². The fraction of sp³-hybridized carbons (Fsp3) is 0.182. The Morgan fingerprint density at radius 1 is 1.19 bits per heavy atom. The molecule has 0 bridgehead atoms. The average molecular weight is 237 g/mol. The van der Waals surface area contributed by atoms with E-state index in [2.05, 4.69) is 0 Å². The number of hydrogen-bond donors (Lipinski definition) is 0. The first-order valence-corrected chi connectivity index (χ1v) is 6.29. The summed E-state index contributed by atoms with van der Waals surface area (Å²) in [7, 11) is -1.66. The molecule has 0 radical (unpaired) electrons. The summed E-state index contributed by atoms with van der Waals surface area (Å²) < 4.78 is 27.1. The van der Waals surface area contributed by atoms with Crippen molar-refractivity contribution in [1.82, 2.24) is 3.97 Å². The summed E-state index contributed by atoms with van der Waals surface area (Å²) in [4.78, 5) is 0.300. The van der Waals surface area contributed by atoms with Crippen molar-refractivity contribution < 1.29 is 13.0 Å². The van der Waals surface area contributed by atoms with Crippen LogP contribution in [0.25, 0.3) is 0 Å². The first kappa shape index (κ1) is 10.9. The highest BCUT2D eigenvalue weighted by Gasteiger charge is 2.21. The highest BCUT2D eigenvalue weighted by atomic mass is 32.2. The van der Waals surface area contributed by atoms with Crippen LogP contribution < -0.4 is 4.57 Å². The highest BCUT2D eigenvalue weighted by molar-refractivity contribution is 7.90. The van der Waals surface area contributed by atoms with Crippen LogP contribution in [-0.2, 0) is 17.1 Å². The lowest BCUT2D eigenvalue weighted by Gasteiger charge is -1.99. The van der Waals surface area contributed by atoms with Crippen molar-refractivity contribution in [2.24, 2.45) is 7.05 Å². The summed E-state index contributed by atoms with van der Waals surface area (Å²) in [5.41, 5.74) is 1.04. The third-order valence-corrected chi connectivity index (χ3v) is 3.98. The van der Waals surface area contributed by atoms with Gasteiger partial charge in [-0.1, -0.05) is 17.7 Å². The number of benzene rings is 1. The van der Waals surface area contributed by atoms with Crippen molar-refractivity contribution in [1.29, 1.82) is 0 Å². The zero-order valence-electron chi connectivity index (χ0n) is 9.16. The second-order valence-corrected chi connectivity index (χ2v) is 5.57. The lowest BCUT2D eigenvalue weighted by molar-refractivity contribution is -0.670. The van der Waals surface area contributed by atoms with Crippen LogP contribution in [0.2, 0.25) is 0 Å². The van der Waals surface area contributed by atoms with Gasteiger partial charge < -0.3 is 0 Å². The summed E-state index contributed by atoms with van der Waals surface area (Å²) in [5, 5.41) is 0. The molecule has 0 spiro atoms. The normalized spacial score (nSPS) is 11.6. The molecular formula is C11H13N2O2S+. The average Bonchev–Trinajstić information content (AvgIpc) is 2.66. The van der Waals surface area contributed by atoms with Gasteiger partial charge >= 0.3 is 10.0 Å². The molecule has 1 heterocycles. The Labute approximate surface area is 94.8 Å². The Morgan fingerprint density at radius 2 is 1.81 bits per heavy atom. The van der Waals surface area contributed by atoms with E-state index in [-0.39, 0.29) is 0 Å². The van der Waals surface area contributed by atoms with Gasteiger partial charge in [0.2, 0.25) is 0 Å². The Hall–Kier alpha value is -1.62. The van der Waals surface area contributed by atoms with Crippen LogP contribution >= 0.6 is 0 Å². The van der Waals surface area contributed by atoms with Crippen molar-refractivity contribution in [3.05, 3.63) is 48.5 Å². The molecule has 2 rings (SSSR count). The largest absolute Gasteiger partial charge is 0.335 e. The molecule has 0 saturated heterocycles. The molecule has 2 aromatic rings. The van der Waals surface area contributed by atoms with Crippen molar-refractivity contribution in [3.8, 4) is 0 Å². The van der Waals surface area contributed by atoms with Gasteiger partial charge in [-0.25, -0.2) is 4.57 Å². The van der Waals surface area contributed by atoms with Crippen LogP contribution in [-0.4, -0.2) is 12.4 Å². The van der Waals surface area contributed by atoms with Crippen LogP contribution in [0.5, 0.6) is 0 Å². The molecule has 4 nitrogen and oxygen atoms in total. The van der Waals surface area contributed by atoms with Gasteiger partial charge in [-0.05, 0) is 19.1 Å². The van der Waals surface area contributed by atoms with Crippen LogP contribution in [0.1, 0.15) is 5.56 Å². The second-order valence-electron chi connectivity index (χ2n) is 3.73. The van der Waals surface area contributed by atoms with Crippen LogP contribution in [0.3, 0.4) is 0 Å². The molecular weight excluding hydrogens is 224 g/mol. The van der Waals surface area contributed by atoms with E-state index in [1.54, 1.807) is 42.1 Å². The molecule has 0 saturated carbocycles. The number of hydrogen-bond acceptors (Lipinski definition) is 2. The van der Waals surface area contributed by atoms with Gasteiger partial charge in [-0.2, -0.15) is 8.42 Å². The first-order chi connectivity index (χ1) is 7.50. The smallest absolute Gasteiger partial charge is 0.239 e. The van der Waals surface area contributed by atoms with Crippen molar-refractivity contribution in [3.63, 3.8) is 0 Å². The fourth-order valence-electron chi connectivity index (χ4n) is 1.40. The Morgan fingerprint density at radius 3 is 2.31 bits per heavy atom. The molecule has 84 valence electrons. The lowest BCUT2D eigenvalue weighted by atomic mass is 10.2. The molecule has 0 aliphatic rings. The molecule has 0 atom stereocenters. The third-order valence-electron chi connectivity index (χ3n) is 2.34. The van der Waals surface area contributed by atoms with Crippen molar-refractivity contribution >= 4 is 10.0 Å². The van der Waals surface area contributed by atoms with Crippen LogP contribution in [0, 0.1) is 6.92 Å². The summed E-state index contributed by atoms with van der Waals surface area (Å²) in [6, 6.07) is 6.81. The number of aryl methyl sites for hydroxylation is 2. The zero-order chi connectivity index (χ0) is 11.8. The number of nitrogens with zero attached hydrogens (tertiary/aromatic N) is 2. The first-order valence-electron chi connectivity index (χ1n) is 4.85. The van der Waals surface area contributed by atoms with E-state index in [0.717, 1.165) is 5.56 Å². The molecule has 16 heavy (non-hydrogen) atoms. The molecule has 0 amide bonds. The molecule has 0 N–H and O–H groups in total. The maximum Gasteiger partial charge on any atom is 0.335 e. The second kappa shape index (κ2) is 3.75. The molecule has 0 unspecified atom stereocenters. The predicted molar refractivity (Wildman–Crippen MR) is 59.4 cm³/mol. The summed E-state index contributed by atoms with van der Waals surface area (Å²) in [6.45, 7) is 1.92. The lowest BCUT2D eigenvalue weighted by Crippen LogP contribution is -2.25. The maximum absolute atomic E-state index is 12.1. The maximum atomic E-state index is 12.1. The zero-order valence-corrected chi connectivity index (χ0v) is 9.98. The van der Waals surface area contributed by atoms with Gasteiger partial charge in [-0.15, -0.1) is 3.97 Å². The van der Waals surface area contributed by atoms with E-state index in [1.807, 2.05) is 6.92 Å². The van der Waals surface area contributed by atoms with Crippen LogP contribution in [0.15, 0.2) is 47.9 Å². The van der Waals surface area contributed by atoms with E-state index in [1.165, 1.54) is 16.5 Å². The monoisotopic (exact) mass is 237 g/mol. The van der Waals surface area contributed by atoms with E-state index < -0.39 is 10.0 Å². The van der Waals surface area contributed by atoms with Gasteiger partial charge in [0, 0.05) is 0 Å². The minimum Gasteiger partial charge on any atom is -0.239 e. The summed E-state index contributed by atoms with van der Waals surface area (Å²) in [6.07, 6.45) is 4.73. The minimum absolute atomic E-state index is 0.300. The van der Waals surface area contributed by atoms with E-state index >= 15 is 0 Å². The van der Waals surface area contributed by atoms with Gasteiger partial charge in [0.1, 0.15) is 17.3 Å². The van der Waals surface area contributed by atoms with Gasteiger partial charge in [0.15, 0.2) is 0 Å². The predicted octanol–water partition coefficient (Wildman–Crippen LogP) is 0.858. The van der Waals surface area contributed by atoms with Gasteiger partial charge in [-0.3, -0.25) is 0 Å². The van der Waals surface area contributed by atoms with Crippen LogP contribution in [0.4, 0.5) is 0 Å². The minimum atomic E-state index is -3.44. The third kappa shape index (κ3) is 1.86. The van der Waals surface area contributed by atoms with E-state index in [0.29, 0.717) is 4.90 Å². The quantitative estimate of drug-likeness (QED) is 0.727. The molecule has 0 aliphatic carbocycles.